The number of benzene rings is 1. The molecule has 142 valence electrons. The molecule has 0 spiro atoms. The molecule has 0 atom stereocenters. The van der Waals surface area contributed by atoms with E-state index in [1.807, 2.05) is 19.9 Å². The average Bonchev–Trinajstić information content (AvgIpc) is 3.18. The Labute approximate surface area is 160 Å². The van der Waals surface area contributed by atoms with Gasteiger partial charge >= 0.3 is 6.36 Å². The summed E-state index contributed by atoms with van der Waals surface area (Å²) in [6.07, 6.45) is -4.75. The van der Waals surface area contributed by atoms with Gasteiger partial charge < -0.3 is 4.74 Å². The average molecular weight is 414 g/mol. The van der Waals surface area contributed by atoms with Crippen LogP contribution in [0, 0.1) is 13.8 Å². The number of hydrogen-bond acceptors (Lipinski definition) is 7. The molecule has 0 saturated heterocycles. The predicted octanol–water partition coefficient (Wildman–Crippen LogP) is 4.21. The number of alkyl halides is 3. The number of carbonyl (C=O) groups is 1. The van der Waals surface area contributed by atoms with Crippen molar-refractivity contribution < 1.29 is 22.7 Å². The molecular formula is C16H13F3N4O2S2. The first kappa shape index (κ1) is 19.4. The number of hydrogen-bond donors (Lipinski definition) is 0. The number of tetrazole rings is 1. The summed E-state index contributed by atoms with van der Waals surface area (Å²) in [6.45, 7) is 3.83. The molecule has 0 radical (unpaired) electrons. The monoisotopic (exact) mass is 414 g/mol. The van der Waals surface area contributed by atoms with Crippen molar-refractivity contribution in [3.8, 4) is 11.4 Å². The van der Waals surface area contributed by atoms with Crippen LogP contribution in [0.4, 0.5) is 13.2 Å². The standard InChI is InChI=1S/C16H13F3N4O2S2/c1-9-7-13(10(2)27-9)14(24)8-26-15-20-21-22-23(15)11-3-5-12(6-4-11)25-16(17,18)19/h3-7H,8H2,1-2H3. The van der Waals surface area contributed by atoms with Crippen LogP contribution in [0.1, 0.15) is 20.1 Å². The zero-order chi connectivity index (χ0) is 19.6. The lowest BCUT2D eigenvalue weighted by Gasteiger charge is -2.09. The summed E-state index contributed by atoms with van der Waals surface area (Å²) in [5.74, 6) is -0.232. The lowest BCUT2D eigenvalue weighted by atomic mass is 10.2. The van der Waals surface area contributed by atoms with Crippen LogP contribution in [0.5, 0.6) is 5.75 Å². The summed E-state index contributed by atoms with van der Waals surface area (Å²) in [6, 6.07) is 6.99. The van der Waals surface area contributed by atoms with E-state index in [2.05, 4.69) is 20.3 Å². The van der Waals surface area contributed by atoms with Gasteiger partial charge in [0.25, 0.3) is 0 Å². The van der Waals surface area contributed by atoms with E-state index in [-0.39, 0.29) is 17.3 Å². The van der Waals surface area contributed by atoms with Gasteiger partial charge in [0.15, 0.2) is 5.78 Å². The molecular weight excluding hydrogens is 401 g/mol. The highest BCUT2D eigenvalue weighted by molar-refractivity contribution is 7.99. The molecule has 0 aliphatic rings. The van der Waals surface area contributed by atoms with Crippen molar-refractivity contribution in [3.63, 3.8) is 0 Å². The minimum atomic E-state index is -4.75. The summed E-state index contributed by atoms with van der Waals surface area (Å²) in [4.78, 5) is 14.4. The summed E-state index contributed by atoms with van der Waals surface area (Å²) >= 11 is 2.71. The van der Waals surface area contributed by atoms with Crippen molar-refractivity contribution in [3.05, 3.63) is 45.6 Å². The van der Waals surface area contributed by atoms with Crippen LogP contribution in [-0.4, -0.2) is 38.1 Å². The number of ketones is 1. The fourth-order valence-corrected chi connectivity index (χ4v) is 4.05. The Hall–Kier alpha value is -2.40. The minimum absolute atomic E-state index is 0.0367. The third kappa shape index (κ3) is 4.86. The van der Waals surface area contributed by atoms with Crippen LogP contribution in [-0.2, 0) is 0 Å². The highest BCUT2D eigenvalue weighted by Gasteiger charge is 2.31. The fourth-order valence-electron chi connectivity index (χ4n) is 2.34. The third-order valence-corrected chi connectivity index (χ3v) is 5.31. The second-order valence-electron chi connectivity index (χ2n) is 5.45. The maximum absolute atomic E-state index is 12.4. The molecule has 11 heteroatoms. The van der Waals surface area contributed by atoms with Gasteiger partial charge in [-0.05, 0) is 54.6 Å². The van der Waals surface area contributed by atoms with E-state index in [4.69, 9.17) is 0 Å². The molecule has 0 saturated carbocycles. The molecule has 27 heavy (non-hydrogen) atoms. The van der Waals surface area contributed by atoms with Gasteiger partial charge in [-0.2, -0.15) is 4.68 Å². The number of thiophene rings is 1. The van der Waals surface area contributed by atoms with Crippen LogP contribution < -0.4 is 4.74 Å². The summed E-state index contributed by atoms with van der Waals surface area (Å²) in [5.41, 5.74) is 1.13. The van der Waals surface area contributed by atoms with Crippen molar-refractivity contribution >= 4 is 28.9 Å². The first-order chi connectivity index (χ1) is 12.7. The number of ether oxygens (including phenoxy) is 1. The highest BCUT2D eigenvalue weighted by atomic mass is 32.2. The van der Waals surface area contributed by atoms with Gasteiger partial charge in [-0.25, -0.2) is 0 Å². The summed E-state index contributed by atoms with van der Waals surface area (Å²) < 4.78 is 41.9. The number of nitrogens with zero attached hydrogens (tertiary/aromatic N) is 4. The maximum Gasteiger partial charge on any atom is 0.573 e. The summed E-state index contributed by atoms with van der Waals surface area (Å²) in [7, 11) is 0. The van der Waals surface area contributed by atoms with Gasteiger partial charge in [0.1, 0.15) is 5.75 Å². The second kappa shape index (κ2) is 7.69. The molecule has 1 aromatic carbocycles. The van der Waals surface area contributed by atoms with Gasteiger partial charge in [-0.3, -0.25) is 4.79 Å². The Morgan fingerprint density at radius 1 is 1.26 bits per heavy atom. The van der Waals surface area contributed by atoms with Gasteiger partial charge in [0, 0.05) is 15.3 Å². The van der Waals surface area contributed by atoms with Gasteiger partial charge in [-0.15, -0.1) is 29.6 Å². The summed E-state index contributed by atoms with van der Waals surface area (Å²) in [5, 5.41) is 11.6. The zero-order valence-electron chi connectivity index (χ0n) is 14.1. The van der Waals surface area contributed by atoms with Crippen LogP contribution in [0.2, 0.25) is 0 Å². The molecule has 6 nitrogen and oxygen atoms in total. The lowest BCUT2D eigenvalue weighted by molar-refractivity contribution is -0.274. The van der Waals surface area contributed by atoms with E-state index in [0.29, 0.717) is 16.4 Å². The Morgan fingerprint density at radius 3 is 2.56 bits per heavy atom. The van der Waals surface area contributed by atoms with E-state index in [1.54, 1.807) is 11.3 Å². The predicted molar refractivity (Wildman–Crippen MR) is 94.7 cm³/mol. The van der Waals surface area contributed by atoms with Crippen molar-refractivity contribution in [1.29, 1.82) is 0 Å². The number of halogens is 3. The number of rotatable bonds is 6. The number of thioether (sulfide) groups is 1. The van der Waals surface area contributed by atoms with E-state index in [0.717, 1.165) is 21.5 Å². The molecule has 0 aliphatic carbocycles. The van der Waals surface area contributed by atoms with Crippen molar-refractivity contribution in [2.45, 2.75) is 25.4 Å². The molecule has 0 amide bonds. The first-order valence-corrected chi connectivity index (χ1v) is 9.41. The largest absolute Gasteiger partial charge is 0.573 e. The van der Waals surface area contributed by atoms with Crippen LogP contribution in [0.25, 0.3) is 5.69 Å². The SMILES string of the molecule is Cc1cc(C(=O)CSc2nnnn2-c2ccc(OC(F)(F)F)cc2)c(C)s1. The molecule has 2 heterocycles. The van der Waals surface area contributed by atoms with E-state index in [9.17, 15) is 18.0 Å². The molecule has 3 rings (SSSR count). The number of Topliss-reactive ketones (excluding diaryl/α,β-unsaturated/α-hetero) is 1. The van der Waals surface area contributed by atoms with Crippen molar-refractivity contribution in [1.82, 2.24) is 20.2 Å². The minimum Gasteiger partial charge on any atom is -0.406 e. The van der Waals surface area contributed by atoms with Crippen molar-refractivity contribution in [2.24, 2.45) is 0 Å². The lowest BCUT2D eigenvalue weighted by Crippen LogP contribution is -2.17. The molecule has 0 unspecified atom stereocenters. The Morgan fingerprint density at radius 2 is 1.96 bits per heavy atom. The highest BCUT2D eigenvalue weighted by Crippen LogP contribution is 2.26. The van der Waals surface area contributed by atoms with Crippen molar-refractivity contribution in [2.75, 3.05) is 5.75 Å². The van der Waals surface area contributed by atoms with E-state index < -0.39 is 6.36 Å². The Balaban J connectivity index is 1.70. The number of carbonyl (C=O) groups excluding carboxylic acids is 1. The number of aryl methyl sites for hydroxylation is 2. The topological polar surface area (TPSA) is 69.9 Å². The smallest absolute Gasteiger partial charge is 0.406 e. The first-order valence-electron chi connectivity index (χ1n) is 7.60. The number of aromatic nitrogens is 4. The zero-order valence-corrected chi connectivity index (χ0v) is 15.8. The Kier molecular flexibility index (Phi) is 5.51. The van der Waals surface area contributed by atoms with Gasteiger partial charge in [0.05, 0.1) is 11.4 Å². The third-order valence-electron chi connectivity index (χ3n) is 3.43. The normalized spacial score (nSPS) is 11.6. The molecule has 2 aromatic heterocycles. The molecule has 0 bridgehead atoms. The molecule has 3 aromatic rings. The second-order valence-corrected chi connectivity index (χ2v) is 7.86. The quantitative estimate of drug-likeness (QED) is 0.444. The van der Waals surface area contributed by atoms with Crippen LogP contribution >= 0.6 is 23.1 Å². The molecule has 0 fully saturated rings. The maximum atomic E-state index is 12.4. The van der Waals surface area contributed by atoms with Crippen LogP contribution in [0.15, 0.2) is 35.5 Å². The van der Waals surface area contributed by atoms with Crippen LogP contribution in [0.3, 0.4) is 0 Å². The van der Waals surface area contributed by atoms with Gasteiger partial charge in [0.2, 0.25) is 5.16 Å². The van der Waals surface area contributed by atoms with E-state index in [1.165, 1.54) is 28.9 Å². The Bertz CT molecular complexity index is 951. The van der Waals surface area contributed by atoms with E-state index >= 15 is 0 Å². The van der Waals surface area contributed by atoms with Gasteiger partial charge in [-0.1, -0.05) is 11.8 Å². The molecule has 0 N–H and O–H groups in total. The molecule has 0 aliphatic heterocycles. The fraction of sp³-hybridized carbons (Fsp3) is 0.250.